The number of halogens is 2. The molecule has 35 heavy (non-hydrogen) atoms. The average Bonchev–Trinajstić information content (AvgIpc) is 3.64. The fourth-order valence-electron chi connectivity index (χ4n) is 3.78. The molecular formula is C24H18ClFN4O4S. The smallest absolute Gasteiger partial charge is 0.343 e. The van der Waals surface area contributed by atoms with E-state index in [2.05, 4.69) is 10.2 Å². The molecule has 4 heterocycles. The predicted octanol–water partition coefficient (Wildman–Crippen LogP) is 5.16. The quantitative estimate of drug-likeness (QED) is 0.333. The first-order valence-electron chi connectivity index (χ1n) is 10.6. The van der Waals surface area contributed by atoms with Gasteiger partial charge in [-0.15, -0.1) is 11.3 Å². The first-order chi connectivity index (χ1) is 16.9. The number of nitrogens with zero attached hydrogens (tertiary/aromatic N) is 4. The van der Waals surface area contributed by atoms with Crippen molar-refractivity contribution in [2.24, 2.45) is 5.10 Å². The molecule has 0 radical (unpaired) electrons. The zero-order chi connectivity index (χ0) is 24.5. The minimum Gasteiger partial charge on any atom is -0.467 e. The maximum absolute atomic E-state index is 13.3. The van der Waals surface area contributed by atoms with E-state index in [4.69, 9.17) is 20.8 Å². The predicted molar refractivity (Wildman–Crippen MR) is 127 cm³/mol. The Labute approximate surface area is 208 Å². The first kappa shape index (κ1) is 23.0. The summed E-state index contributed by atoms with van der Waals surface area (Å²) in [4.78, 5) is 26.8. The number of aryl methyl sites for hydroxylation is 1. The van der Waals surface area contributed by atoms with E-state index in [0.717, 1.165) is 10.6 Å². The minimum absolute atomic E-state index is 0.000746. The first-order valence-corrected chi connectivity index (χ1v) is 11.8. The number of rotatable bonds is 6. The standard InChI is InChI=1S/C24H18ClFN4O4S/c1-14-22(23(25)29(27-14)16-8-6-15(26)7-9-16)24(32)34-13-21(31)30-18(19-4-2-10-33-19)12-17(28-30)20-5-3-11-35-20/h2-11,18H,12-13H2,1H3. The molecule has 1 aliphatic rings. The van der Waals surface area contributed by atoms with E-state index >= 15 is 0 Å². The molecule has 0 bridgehead atoms. The molecule has 0 fully saturated rings. The van der Waals surface area contributed by atoms with Gasteiger partial charge in [0.15, 0.2) is 6.61 Å². The number of furan rings is 1. The Morgan fingerprint density at radius 2 is 2.03 bits per heavy atom. The number of amides is 1. The summed E-state index contributed by atoms with van der Waals surface area (Å²) < 4.78 is 25.4. The summed E-state index contributed by atoms with van der Waals surface area (Å²) in [6, 6.07) is 12.4. The highest BCUT2D eigenvalue weighted by molar-refractivity contribution is 7.12. The van der Waals surface area contributed by atoms with Crippen molar-refractivity contribution in [2.45, 2.75) is 19.4 Å². The molecule has 0 saturated carbocycles. The lowest BCUT2D eigenvalue weighted by Gasteiger charge is -2.19. The molecule has 0 N–H and O–H groups in total. The third-order valence-corrected chi connectivity index (χ3v) is 6.72. The molecule has 0 saturated heterocycles. The van der Waals surface area contributed by atoms with E-state index in [1.54, 1.807) is 19.1 Å². The van der Waals surface area contributed by atoms with Crippen LogP contribution in [0.1, 0.15) is 39.2 Å². The number of carbonyl (C=O) groups excluding carboxylic acids is 2. The maximum Gasteiger partial charge on any atom is 0.343 e. The van der Waals surface area contributed by atoms with Crippen molar-refractivity contribution in [3.8, 4) is 5.69 Å². The molecule has 1 aromatic carbocycles. The highest BCUT2D eigenvalue weighted by Gasteiger charge is 2.36. The summed E-state index contributed by atoms with van der Waals surface area (Å²) in [5.41, 5.74) is 1.56. The zero-order valence-corrected chi connectivity index (χ0v) is 19.9. The molecule has 5 rings (SSSR count). The molecular weight excluding hydrogens is 495 g/mol. The highest BCUT2D eigenvalue weighted by atomic mass is 35.5. The van der Waals surface area contributed by atoms with Gasteiger partial charge in [-0.05, 0) is 54.8 Å². The minimum atomic E-state index is -0.801. The van der Waals surface area contributed by atoms with Crippen LogP contribution in [0.3, 0.4) is 0 Å². The number of thiophene rings is 1. The van der Waals surface area contributed by atoms with Gasteiger partial charge in [-0.2, -0.15) is 10.2 Å². The number of benzene rings is 1. The van der Waals surface area contributed by atoms with Gasteiger partial charge in [-0.1, -0.05) is 17.7 Å². The molecule has 1 atom stereocenters. The molecule has 178 valence electrons. The Hall–Kier alpha value is -3.76. The Balaban J connectivity index is 1.33. The third kappa shape index (κ3) is 4.50. The number of ether oxygens (including phenoxy) is 1. The SMILES string of the molecule is Cc1nn(-c2ccc(F)cc2)c(Cl)c1C(=O)OCC(=O)N1N=C(c2cccs2)CC1c1ccco1. The van der Waals surface area contributed by atoms with Gasteiger partial charge in [0.25, 0.3) is 5.91 Å². The normalized spacial score (nSPS) is 15.3. The van der Waals surface area contributed by atoms with Crippen LogP contribution in [0, 0.1) is 12.7 Å². The second-order valence-corrected chi connectivity index (χ2v) is 9.02. The van der Waals surface area contributed by atoms with E-state index in [0.29, 0.717) is 23.6 Å². The van der Waals surface area contributed by atoms with Crippen LogP contribution in [0.4, 0.5) is 4.39 Å². The Bertz CT molecular complexity index is 1400. The summed E-state index contributed by atoms with van der Waals surface area (Å²) in [6.45, 7) is 1.05. The fourth-order valence-corrected chi connectivity index (χ4v) is 4.85. The summed E-state index contributed by atoms with van der Waals surface area (Å²) in [5.74, 6) is -1.14. The molecule has 1 amide bonds. The maximum atomic E-state index is 13.3. The zero-order valence-electron chi connectivity index (χ0n) is 18.4. The van der Waals surface area contributed by atoms with Crippen LogP contribution >= 0.6 is 22.9 Å². The average molecular weight is 513 g/mol. The fraction of sp³-hybridized carbons (Fsp3) is 0.167. The van der Waals surface area contributed by atoms with Crippen molar-refractivity contribution in [1.29, 1.82) is 0 Å². The van der Waals surface area contributed by atoms with Gasteiger partial charge in [0.05, 0.1) is 28.2 Å². The molecule has 4 aromatic rings. The van der Waals surface area contributed by atoms with E-state index in [1.165, 1.54) is 51.6 Å². The van der Waals surface area contributed by atoms with E-state index < -0.39 is 30.3 Å². The van der Waals surface area contributed by atoms with Crippen LogP contribution in [-0.2, 0) is 9.53 Å². The Kier molecular flexibility index (Phi) is 6.23. The van der Waals surface area contributed by atoms with Crippen LogP contribution in [0.15, 0.2) is 69.7 Å². The van der Waals surface area contributed by atoms with Crippen LogP contribution in [0.2, 0.25) is 5.15 Å². The van der Waals surface area contributed by atoms with Gasteiger partial charge < -0.3 is 9.15 Å². The van der Waals surface area contributed by atoms with Crippen LogP contribution < -0.4 is 0 Å². The van der Waals surface area contributed by atoms with E-state index in [1.807, 2.05) is 17.5 Å². The van der Waals surface area contributed by atoms with Crippen LogP contribution in [0.5, 0.6) is 0 Å². The molecule has 1 aliphatic heterocycles. The van der Waals surface area contributed by atoms with Crippen molar-refractivity contribution in [1.82, 2.24) is 14.8 Å². The largest absolute Gasteiger partial charge is 0.467 e. The highest BCUT2D eigenvalue weighted by Crippen LogP contribution is 2.34. The van der Waals surface area contributed by atoms with Crippen molar-refractivity contribution in [2.75, 3.05) is 6.61 Å². The number of aromatic nitrogens is 2. The number of carbonyl (C=O) groups is 2. The Morgan fingerprint density at radius 1 is 1.23 bits per heavy atom. The molecule has 3 aromatic heterocycles. The monoisotopic (exact) mass is 512 g/mol. The lowest BCUT2D eigenvalue weighted by atomic mass is 10.1. The topological polar surface area (TPSA) is 89.9 Å². The van der Waals surface area contributed by atoms with E-state index in [-0.39, 0.29) is 10.7 Å². The van der Waals surface area contributed by atoms with E-state index in [9.17, 15) is 14.0 Å². The van der Waals surface area contributed by atoms with Gasteiger partial charge in [-0.3, -0.25) is 4.79 Å². The number of hydrogen-bond donors (Lipinski definition) is 0. The van der Waals surface area contributed by atoms with Gasteiger partial charge in [0.1, 0.15) is 28.3 Å². The number of hydrazone groups is 1. The van der Waals surface area contributed by atoms with Crippen molar-refractivity contribution < 1.29 is 23.1 Å². The van der Waals surface area contributed by atoms with Crippen molar-refractivity contribution in [3.63, 3.8) is 0 Å². The molecule has 8 nitrogen and oxygen atoms in total. The van der Waals surface area contributed by atoms with Gasteiger partial charge >= 0.3 is 5.97 Å². The molecule has 0 spiro atoms. The summed E-state index contributed by atoms with van der Waals surface area (Å²) >= 11 is 7.91. The molecule has 0 aliphatic carbocycles. The van der Waals surface area contributed by atoms with Gasteiger partial charge in [-0.25, -0.2) is 18.9 Å². The van der Waals surface area contributed by atoms with Crippen LogP contribution in [-0.4, -0.2) is 39.0 Å². The van der Waals surface area contributed by atoms with Crippen molar-refractivity contribution in [3.05, 3.63) is 93.0 Å². The molecule has 1 unspecified atom stereocenters. The molecule has 11 heteroatoms. The second-order valence-electron chi connectivity index (χ2n) is 7.71. The lowest BCUT2D eigenvalue weighted by Crippen LogP contribution is -2.31. The Morgan fingerprint density at radius 3 is 2.71 bits per heavy atom. The third-order valence-electron chi connectivity index (χ3n) is 5.45. The summed E-state index contributed by atoms with van der Waals surface area (Å²) in [7, 11) is 0. The van der Waals surface area contributed by atoms with Crippen LogP contribution in [0.25, 0.3) is 5.69 Å². The van der Waals surface area contributed by atoms with Gasteiger partial charge in [0, 0.05) is 6.42 Å². The van der Waals surface area contributed by atoms with Gasteiger partial charge in [0.2, 0.25) is 0 Å². The summed E-state index contributed by atoms with van der Waals surface area (Å²) in [6.07, 6.45) is 2.01. The number of hydrogen-bond acceptors (Lipinski definition) is 7. The number of esters is 1. The second kappa shape index (κ2) is 9.47. The lowest BCUT2D eigenvalue weighted by molar-refractivity contribution is -0.136. The van der Waals surface area contributed by atoms with Crippen molar-refractivity contribution >= 4 is 40.5 Å². The summed E-state index contributed by atoms with van der Waals surface area (Å²) in [5, 5.41) is 12.0.